The second-order valence-corrected chi connectivity index (χ2v) is 6.16. The van der Waals surface area contributed by atoms with Gasteiger partial charge in [-0.15, -0.1) is 0 Å². The molecule has 1 atom stereocenters. The number of aromatic nitrogens is 1. The highest BCUT2D eigenvalue weighted by Crippen LogP contribution is 2.19. The summed E-state index contributed by atoms with van der Waals surface area (Å²) in [6, 6.07) is 6.60. The molecule has 2 aromatic rings. The second-order valence-electron chi connectivity index (χ2n) is 6.16. The van der Waals surface area contributed by atoms with E-state index < -0.39 is 12.0 Å². The minimum absolute atomic E-state index is 0.0543. The number of benzene rings is 1. The number of carboxylic acid groups (broad SMARTS) is 1. The average Bonchev–Trinajstić information content (AvgIpc) is 2.97. The van der Waals surface area contributed by atoms with E-state index in [1.807, 2.05) is 24.3 Å². The molecule has 0 fully saturated rings. The molecule has 1 aromatic carbocycles. The lowest BCUT2D eigenvalue weighted by molar-refractivity contribution is -0.141. The van der Waals surface area contributed by atoms with Crippen LogP contribution in [0.2, 0.25) is 0 Å². The van der Waals surface area contributed by atoms with E-state index in [1.165, 1.54) is 4.90 Å². The van der Waals surface area contributed by atoms with Crippen molar-refractivity contribution in [1.29, 1.82) is 0 Å². The van der Waals surface area contributed by atoms with E-state index in [2.05, 4.69) is 10.3 Å². The smallest absolute Gasteiger partial charge is 0.326 e. The number of H-pyrrole nitrogens is 1. The van der Waals surface area contributed by atoms with E-state index in [4.69, 9.17) is 0 Å². The number of amides is 2. The number of nitrogens with zero attached hydrogens (tertiary/aromatic N) is 1. The van der Waals surface area contributed by atoms with Crippen molar-refractivity contribution in [2.24, 2.45) is 0 Å². The summed E-state index contributed by atoms with van der Waals surface area (Å²) in [7, 11) is 3.31. The van der Waals surface area contributed by atoms with Gasteiger partial charge in [-0.25, -0.2) is 4.79 Å². The molecule has 1 unspecified atom stereocenters. The molecule has 134 valence electrons. The summed E-state index contributed by atoms with van der Waals surface area (Å²) >= 11 is 0. The Bertz CT molecular complexity index is 767. The summed E-state index contributed by atoms with van der Waals surface area (Å²) in [4.78, 5) is 39.5. The summed E-state index contributed by atoms with van der Waals surface area (Å²) in [6.45, 7) is 0. The Hall–Kier alpha value is -2.83. The number of carboxylic acids is 1. The fourth-order valence-corrected chi connectivity index (χ4v) is 2.61. The molecule has 7 heteroatoms. The normalized spacial score (nSPS) is 11.9. The number of carbonyl (C=O) groups is 3. The van der Waals surface area contributed by atoms with Crippen LogP contribution in [0.5, 0.6) is 0 Å². The summed E-state index contributed by atoms with van der Waals surface area (Å²) in [6.07, 6.45) is 2.74. The highest BCUT2D eigenvalue weighted by molar-refractivity contribution is 5.87. The van der Waals surface area contributed by atoms with Gasteiger partial charge in [0, 0.05) is 50.5 Å². The van der Waals surface area contributed by atoms with Crippen LogP contribution in [0.3, 0.4) is 0 Å². The topological polar surface area (TPSA) is 103 Å². The number of fused-ring (bicyclic) bond motifs is 1. The number of hydrogen-bond acceptors (Lipinski definition) is 3. The lowest BCUT2D eigenvalue weighted by Gasteiger charge is -2.14. The van der Waals surface area contributed by atoms with Crippen molar-refractivity contribution in [2.45, 2.75) is 31.7 Å². The Morgan fingerprint density at radius 2 is 1.92 bits per heavy atom. The van der Waals surface area contributed by atoms with Gasteiger partial charge in [0.25, 0.3) is 0 Å². The van der Waals surface area contributed by atoms with Crippen LogP contribution in [-0.2, 0) is 20.8 Å². The Kier molecular flexibility index (Phi) is 6.16. The number of aromatic amines is 1. The molecule has 0 aliphatic heterocycles. The number of carbonyl (C=O) groups excluding carboxylic acids is 2. The fraction of sp³-hybridized carbons (Fsp3) is 0.389. The predicted octanol–water partition coefficient (Wildman–Crippen LogP) is 1.54. The van der Waals surface area contributed by atoms with Crippen molar-refractivity contribution in [2.75, 3.05) is 14.1 Å². The Labute approximate surface area is 146 Å². The minimum atomic E-state index is -1.08. The molecule has 2 rings (SSSR count). The zero-order valence-corrected chi connectivity index (χ0v) is 14.4. The molecular weight excluding hydrogens is 322 g/mol. The lowest BCUT2D eigenvalue weighted by atomic mass is 10.0. The maximum absolute atomic E-state index is 12.0. The molecule has 0 aliphatic carbocycles. The SMILES string of the molecule is CN(C)C(=O)CCCC(=O)NC(Cc1c[nH]c2ccccc12)C(=O)O. The number of nitrogens with one attached hydrogen (secondary N) is 2. The largest absolute Gasteiger partial charge is 0.480 e. The van der Waals surface area contributed by atoms with E-state index in [0.29, 0.717) is 6.42 Å². The van der Waals surface area contributed by atoms with Crippen LogP contribution in [0.1, 0.15) is 24.8 Å². The van der Waals surface area contributed by atoms with Gasteiger partial charge in [0.2, 0.25) is 11.8 Å². The van der Waals surface area contributed by atoms with Crippen LogP contribution >= 0.6 is 0 Å². The maximum atomic E-state index is 12.0. The highest BCUT2D eigenvalue weighted by atomic mass is 16.4. The van der Waals surface area contributed by atoms with Gasteiger partial charge in [0.15, 0.2) is 0 Å². The monoisotopic (exact) mass is 345 g/mol. The quantitative estimate of drug-likeness (QED) is 0.675. The zero-order valence-electron chi connectivity index (χ0n) is 14.4. The first kappa shape index (κ1) is 18.5. The van der Waals surface area contributed by atoms with Crippen LogP contribution in [0.4, 0.5) is 0 Å². The molecule has 0 aliphatic rings. The third-order valence-corrected chi connectivity index (χ3v) is 4.03. The van der Waals surface area contributed by atoms with E-state index in [0.717, 1.165) is 16.5 Å². The summed E-state index contributed by atoms with van der Waals surface area (Å²) in [5.74, 6) is -1.50. The Morgan fingerprint density at radius 3 is 2.60 bits per heavy atom. The first-order chi connectivity index (χ1) is 11.9. The lowest BCUT2D eigenvalue weighted by Crippen LogP contribution is -2.42. The van der Waals surface area contributed by atoms with Crippen molar-refractivity contribution in [3.05, 3.63) is 36.0 Å². The van der Waals surface area contributed by atoms with Crippen molar-refractivity contribution >= 4 is 28.7 Å². The molecule has 1 aromatic heterocycles. The van der Waals surface area contributed by atoms with Crippen LogP contribution < -0.4 is 5.32 Å². The predicted molar refractivity (Wildman–Crippen MR) is 94.1 cm³/mol. The Morgan fingerprint density at radius 1 is 1.20 bits per heavy atom. The summed E-state index contributed by atoms with van der Waals surface area (Å²) in [5.41, 5.74) is 1.77. The number of para-hydroxylation sites is 1. The van der Waals surface area contributed by atoms with Gasteiger partial charge < -0.3 is 20.3 Å². The average molecular weight is 345 g/mol. The standard InChI is InChI=1S/C18H23N3O4/c1-21(2)17(23)9-5-8-16(22)20-15(18(24)25)10-12-11-19-14-7-4-3-6-13(12)14/h3-4,6-7,11,15,19H,5,8-10H2,1-2H3,(H,20,22)(H,24,25). The Balaban J connectivity index is 1.93. The van der Waals surface area contributed by atoms with Gasteiger partial charge in [-0.2, -0.15) is 0 Å². The molecule has 3 N–H and O–H groups in total. The molecule has 25 heavy (non-hydrogen) atoms. The first-order valence-electron chi connectivity index (χ1n) is 8.15. The molecule has 0 radical (unpaired) electrons. The molecule has 0 spiro atoms. The van der Waals surface area contributed by atoms with Gasteiger partial charge in [-0.3, -0.25) is 9.59 Å². The van der Waals surface area contributed by atoms with E-state index in [-0.39, 0.29) is 31.1 Å². The van der Waals surface area contributed by atoms with Gasteiger partial charge in [-0.05, 0) is 18.1 Å². The molecule has 2 amide bonds. The third kappa shape index (κ3) is 5.07. The second kappa shape index (κ2) is 8.32. The van der Waals surface area contributed by atoms with Crippen molar-refractivity contribution < 1.29 is 19.5 Å². The van der Waals surface area contributed by atoms with Crippen LogP contribution in [0.25, 0.3) is 10.9 Å². The molecule has 7 nitrogen and oxygen atoms in total. The van der Waals surface area contributed by atoms with E-state index in [1.54, 1.807) is 20.3 Å². The van der Waals surface area contributed by atoms with E-state index >= 15 is 0 Å². The van der Waals surface area contributed by atoms with Gasteiger partial charge in [-0.1, -0.05) is 18.2 Å². The first-order valence-corrected chi connectivity index (χ1v) is 8.15. The van der Waals surface area contributed by atoms with Crippen LogP contribution in [0, 0.1) is 0 Å². The molecule has 0 saturated heterocycles. The van der Waals surface area contributed by atoms with Crippen molar-refractivity contribution in [3.8, 4) is 0 Å². The summed E-state index contributed by atoms with van der Waals surface area (Å²) in [5, 5.41) is 12.9. The van der Waals surface area contributed by atoms with Crippen LogP contribution in [-0.4, -0.2) is 52.9 Å². The van der Waals surface area contributed by atoms with E-state index in [9.17, 15) is 19.5 Å². The van der Waals surface area contributed by atoms with Crippen molar-refractivity contribution in [1.82, 2.24) is 15.2 Å². The number of hydrogen-bond donors (Lipinski definition) is 3. The molecule has 1 heterocycles. The van der Waals surface area contributed by atoms with Crippen molar-refractivity contribution in [3.63, 3.8) is 0 Å². The fourth-order valence-electron chi connectivity index (χ4n) is 2.61. The van der Waals surface area contributed by atoms with Gasteiger partial charge >= 0.3 is 5.97 Å². The molecule has 0 bridgehead atoms. The summed E-state index contributed by atoms with van der Waals surface area (Å²) < 4.78 is 0. The van der Waals surface area contributed by atoms with Crippen LogP contribution in [0.15, 0.2) is 30.5 Å². The van der Waals surface area contributed by atoms with Gasteiger partial charge in [0.1, 0.15) is 6.04 Å². The highest BCUT2D eigenvalue weighted by Gasteiger charge is 2.21. The van der Waals surface area contributed by atoms with Gasteiger partial charge in [0.05, 0.1) is 0 Å². The zero-order chi connectivity index (χ0) is 18.4. The molecular formula is C18H23N3O4. The maximum Gasteiger partial charge on any atom is 0.326 e. The molecule has 0 saturated carbocycles. The number of aliphatic carboxylic acids is 1. The number of rotatable bonds is 8. The third-order valence-electron chi connectivity index (χ3n) is 4.03. The minimum Gasteiger partial charge on any atom is -0.480 e.